The fourth-order valence-corrected chi connectivity index (χ4v) is 4.34. The number of nitrogens with one attached hydrogen (secondary N) is 1. The third kappa shape index (κ3) is 5.08. The number of thiazole rings is 1. The zero-order valence-electron chi connectivity index (χ0n) is 17.2. The van der Waals surface area contributed by atoms with Gasteiger partial charge in [0.2, 0.25) is 0 Å². The van der Waals surface area contributed by atoms with Crippen LogP contribution < -0.4 is 11.1 Å². The Hall–Kier alpha value is -2.43. The number of rotatable bonds is 5. The number of fused-ring (bicyclic) bond motifs is 1. The van der Waals surface area contributed by atoms with Crippen molar-refractivity contribution in [2.75, 3.05) is 43.9 Å². The summed E-state index contributed by atoms with van der Waals surface area (Å²) in [4.78, 5) is 10.4. The fraction of sp³-hybridized carbons (Fsp3) is 0.429. The van der Waals surface area contributed by atoms with E-state index in [0.29, 0.717) is 41.5 Å². The van der Waals surface area contributed by atoms with Crippen molar-refractivity contribution in [1.29, 1.82) is 0 Å². The molecule has 10 heteroatoms. The summed E-state index contributed by atoms with van der Waals surface area (Å²) < 4.78 is 46.4. The number of nitrogens with two attached hydrogens (primary N) is 1. The predicted octanol–water partition coefficient (Wildman–Crippen LogP) is 4.28. The summed E-state index contributed by atoms with van der Waals surface area (Å²) in [5.41, 5.74) is 6.01. The summed E-state index contributed by atoms with van der Waals surface area (Å²) in [7, 11) is 0. The van der Waals surface area contributed by atoms with Crippen molar-refractivity contribution in [3.05, 3.63) is 36.0 Å². The maximum Gasteiger partial charge on any atom is 0.433 e. The van der Waals surface area contributed by atoms with Crippen LogP contribution in [0.25, 0.3) is 21.3 Å². The van der Waals surface area contributed by atoms with E-state index >= 15 is 0 Å². The molecular weight excluding hydrogens is 427 g/mol. The van der Waals surface area contributed by atoms with Crippen molar-refractivity contribution in [2.24, 2.45) is 0 Å². The Morgan fingerprint density at radius 3 is 2.61 bits per heavy atom. The third-order valence-corrected chi connectivity index (χ3v) is 5.83. The van der Waals surface area contributed by atoms with Crippen LogP contribution in [0.3, 0.4) is 0 Å². The zero-order valence-corrected chi connectivity index (χ0v) is 18.0. The van der Waals surface area contributed by atoms with Crippen LogP contribution in [0.1, 0.15) is 19.5 Å². The van der Waals surface area contributed by atoms with Crippen molar-refractivity contribution >= 4 is 32.5 Å². The number of morpholine rings is 1. The van der Waals surface area contributed by atoms with Gasteiger partial charge in [0.05, 0.1) is 23.4 Å². The van der Waals surface area contributed by atoms with Gasteiger partial charge < -0.3 is 15.8 Å². The van der Waals surface area contributed by atoms with Crippen molar-refractivity contribution in [3.8, 4) is 11.1 Å². The number of benzene rings is 1. The van der Waals surface area contributed by atoms with E-state index in [0.717, 1.165) is 23.9 Å². The second kappa shape index (κ2) is 8.25. The quantitative estimate of drug-likeness (QED) is 0.604. The van der Waals surface area contributed by atoms with E-state index in [1.165, 1.54) is 17.4 Å². The van der Waals surface area contributed by atoms with E-state index in [1.54, 1.807) is 6.07 Å². The molecule has 0 bridgehead atoms. The molecule has 1 aliphatic heterocycles. The van der Waals surface area contributed by atoms with E-state index in [-0.39, 0.29) is 5.82 Å². The molecule has 0 aliphatic carbocycles. The molecule has 0 amide bonds. The Morgan fingerprint density at radius 2 is 1.90 bits per heavy atom. The van der Waals surface area contributed by atoms with Crippen LogP contribution in [0.2, 0.25) is 0 Å². The minimum absolute atomic E-state index is 0.159. The van der Waals surface area contributed by atoms with Gasteiger partial charge in [-0.2, -0.15) is 13.2 Å². The van der Waals surface area contributed by atoms with Crippen LogP contribution in [-0.2, 0) is 10.9 Å². The number of hydrogen-bond donors (Lipinski definition) is 2. The molecule has 0 spiro atoms. The summed E-state index contributed by atoms with van der Waals surface area (Å²) in [6.07, 6.45) is -4.54. The van der Waals surface area contributed by atoms with E-state index < -0.39 is 17.4 Å². The highest BCUT2D eigenvalue weighted by Crippen LogP contribution is 2.36. The standard InChI is InChI=1S/C21H23F3N5OS/c1-20(2,12-29-7-9-30-10-8-29)28-18-14(4-6-17(27-18)21(22,23)24)13-3-5-16-15(11-13)26-19(25)31-16/h3-6H,7-10,12H2,1-2H3,(H2,25,26)(H,27,28). The Kier molecular flexibility index (Phi) is 5.80. The van der Waals surface area contributed by atoms with Crippen molar-refractivity contribution in [3.63, 3.8) is 0 Å². The van der Waals surface area contributed by atoms with Gasteiger partial charge in [0.25, 0.3) is 0 Å². The summed E-state index contributed by atoms with van der Waals surface area (Å²) in [6.45, 7) is 7.39. The number of anilines is 2. The number of alkyl halides is 3. The first-order chi connectivity index (χ1) is 14.6. The number of ether oxygens (including phenoxy) is 1. The average Bonchev–Trinajstić information content (AvgIpc) is 3.06. The number of pyridine rings is 1. The molecule has 1 aromatic carbocycles. The highest BCUT2D eigenvalue weighted by Gasteiger charge is 2.34. The smallest absolute Gasteiger partial charge is 0.379 e. The van der Waals surface area contributed by atoms with Gasteiger partial charge >= 0.3 is 6.18 Å². The van der Waals surface area contributed by atoms with E-state index in [1.807, 2.05) is 19.9 Å². The molecule has 3 aromatic rings. The first-order valence-electron chi connectivity index (χ1n) is 9.86. The molecule has 1 fully saturated rings. The molecule has 3 N–H and O–H groups in total. The van der Waals surface area contributed by atoms with Crippen LogP contribution in [0.4, 0.5) is 24.1 Å². The molecule has 31 heavy (non-hydrogen) atoms. The van der Waals surface area contributed by atoms with Crippen LogP contribution in [0.5, 0.6) is 0 Å². The van der Waals surface area contributed by atoms with Crippen LogP contribution in [0.15, 0.2) is 24.3 Å². The molecule has 0 saturated carbocycles. The lowest BCUT2D eigenvalue weighted by Crippen LogP contribution is -2.48. The van der Waals surface area contributed by atoms with Gasteiger partial charge in [0.1, 0.15) is 11.5 Å². The Balaban J connectivity index is 1.70. The van der Waals surface area contributed by atoms with Gasteiger partial charge in [0.15, 0.2) is 5.13 Å². The lowest BCUT2D eigenvalue weighted by Gasteiger charge is -2.36. The molecule has 165 valence electrons. The first kappa shape index (κ1) is 21.8. The first-order valence-corrected chi connectivity index (χ1v) is 10.7. The number of nitrogens with zero attached hydrogens (tertiary/aromatic N) is 3. The van der Waals surface area contributed by atoms with Gasteiger partial charge in [-0.3, -0.25) is 4.90 Å². The molecule has 1 saturated heterocycles. The molecule has 0 unspecified atom stereocenters. The Labute approximate surface area is 182 Å². The molecule has 1 radical (unpaired) electrons. The monoisotopic (exact) mass is 450 g/mol. The maximum atomic E-state index is 13.4. The predicted molar refractivity (Wildman–Crippen MR) is 116 cm³/mol. The lowest BCUT2D eigenvalue weighted by atomic mass is 10.0. The molecule has 2 aromatic heterocycles. The fourth-order valence-electron chi connectivity index (χ4n) is 3.64. The molecule has 1 aliphatic rings. The van der Waals surface area contributed by atoms with Crippen molar-refractivity contribution in [2.45, 2.75) is 25.6 Å². The van der Waals surface area contributed by atoms with Gasteiger partial charge in [-0.05, 0) is 37.6 Å². The number of hydrogen-bond acceptors (Lipinski definition) is 7. The second-order valence-electron chi connectivity index (χ2n) is 8.12. The molecular formula is C21H23F3N5OS. The summed E-state index contributed by atoms with van der Waals surface area (Å²) >= 11 is 1.34. The van der Waals surface area contributed by atoms with Crippen LogP contribution >= 0.6 is 11.3 Å². The Bertz CT molecular complexity index is 1080. The molecule has 3 heterocycles. The summed E-state index contributed by atoms with van der Waals surface area (Å²) in [6, 6.07) is 9.22. The van der Waals surface area contributed by atoms with Gasteiger partial charge in [-0.1, -0.05) is 17.4 Å². The zero-order chi connectivity index (χ0) is 22.2. The SMILES string of the molecule is CC(C)(CN1CCOCC1)Nc1nc(C(F)(F)F)ccc1-c1[c]c2nc(N)sc2cc1. The Morgan fingerprint density at radius 1 is 1.16 bits per heavy atom. The van der Waals surface area contributed by atoms with Gasteiger partial charge in [-0.25, -0.2) is 9.97 Å². The number of aromatic nitrogens is 2. The summed E-state index contributed by atoms with van der Waals surface area (Å²) in [5, 5.41) is 3.66. The third-order valence-electron chi connectivity index (χ3n) is 4.98. The molecule has 4 rings (SSSR count). The highest BCUT2D eigenvalue weighted by molar-refractivity contribution is 7.22. The van der Waals surface area contributed by atoms with Crippen LogP contribution in [0, 0.1) is 6.07 Å². The largest absolute Gasteiger partial charge is 0.433 e. The minimum Gasteiger partial charge on any atom is -0.379 e. The minimum atomic E-state index is -4.54. The van der Waals surface area contributed by atoms with E-state index in [2.05, 4.69) is 26.3 Å². The molecule has 6 nitrogen and oxygen atoms in total. The summed E-state index contributed by atoms with van der Waals surface area (Å²) in [5.74, 6) is 0.159. The normalized spacial score (nSPS) is 16.0. The molecule has 0 atom stereocenters. The topological polar surface area (TPSA) is 76.3 Å². The highest BCUT2D eigenvalue weighted by atomic mass is 32.1. The average molecular weight is 451 g/mol. The maximum absolute atomic E-state index is 13.4. The van der Waals surface area contributed by atoms with Crippen LogP contribution in [-0.4, -0.2) is 53.3 Å². The van der Waals surface area contributed by atoms with Crippen molar-refractivity contribution in [1.82, 2.24) is 14.9 Å². The van der Waals surface area contributed by atoms with E-state index in [4.69, 9.17) is 10.5 Å². The number of nitrogen functional groups attached to an aromatic ring is 1. The van der Waals surface area contributed by atoms with Gasteiger partial charge in [0, 0.05) is 36.8 Å². The second-order valence-corrected chi connectivity index (χ2v) is 9.19. The van der Waals surface area contributed by atoms with Gasteiger partial charge in [-0.15, -0.1) is 0 Å². The lowest BCUT2D eigenvalue weighted by molar-refractivity contribution is -0.141. The van der Waals surface area contributed by atoms with E-state index in [9.17, 15) is 13.2 Å². The van der Waals surface area contributed by atoms with Crippen molar-refractivity contribution < 1.29 is 17.9 Å². The number of halogens is 3.